The van der Waals surface area contributed by atoms with Gasteiger partial charge in [-0.15, -0.1) is 0 Å². The van der Waals surface area contributed by atoms with Crippen LogP contribution in [0.2, 0.25) is 0 Å². The molecule has 1 N–H and O–H groups in total. The lowest BCUT2D eigenvalue weighted by atomic mass is 9.95. The standard InChI is InChI=1S/C38H42O10S2/c1-22(2)8-18-28-30(47-49(41,42)26-14-10-24(5)11-15-26)20-32-35(36(28)39)37(40)34-29(19-9-23(3)4)38(45-7)33(21-31(34)46-32)48-50(43,44)27-16-12-25(6)13-17-27/h10-17,20-23,39H,8-9,18-19H2,1-7H3. The van der Waals surface area contributed by atoms with Gasteiger partial charge in [0.05, 0.1) is 12.5 Å². The Morgan fingerprint density at radius 2 is 1.12 bits per heavy atom. The summed E-state index contributed by atoms with van der Waals surface area (Å²) >= 11 is 0. The van der Waals surface area contributed by atoms with Gasteiger partial charge in [0.1, 0.15) is 32.1 Å². The SMILES string of the molecule is COc1c(OS(=O)(=O)c2ccc(C)cc2)cc2oc3cc(OS(=O)(=O)c4ccc(C)cc4)c(CCC(C)C)c(O)c3c(=O)c2c1CCC(C)C. The number of aromatic hydroxyl groups is 1. The van der Waals surface area contributed by atoms with Gasteiger partial charge in [-0.1, -0.05) is 63.1 Å². The zero-order chi connectivity index (χ0) is 36.5. The smallest absolute Gasteiger partial charge is 0.339 e. The van der Waals surface area contributed by atoms with Gasteiger partial charge < -0.3 is 22.6 Å². The van der Waals surface area contributed by atoms with Gasteiger partial charge in [-0.2, -0.15) is 16.8 Å². The Hall–Kier alpha value is -4.55. The van der Waals surface area contributed by atoms with Gasteiger partial charge in [0.25, 0.3) is 0 Å². The van der Waals surface area contributed by atoms with Crippen LogP contribution in [0.4, 0.5) is 0 Å². The minimum absolute atomic E-state index is 0.0437. The van der Waals surface area contributed by atoms with Gasteiger partial charge in [0.2, 0.25) is 5.43 Å². The summed E-state index contributed by atoms with van der Waals surface area (Å²) in [5.74, 6) is -0.410. The molecule has 5 aromatic rings. The number of phenolic OH excluding ortho intramolecular Hbond substituents is 1. The minimum Gasteiger partial charge on any atom is -0.507 e. The van der Waals surface area contributed by atoms with Crippen LogP contribution in [0.5, 0.6) is 23.0 Å². The molecule has 0 unspecified atom stereocenters. The maximum Gasteiger partial charge on any atom is 0.339 e. The van der Waals surface area contributed by atoms with Crippen LogP contribution in [-0.2, 0) is 33.1 Å². The zero-order valence-electron chi connectivity index (χ0n) is 29.2. The molecule has 0 amide bonds. The van der Waals surface area contributed by atoms with Crippen LogP contribution in [0, 0.1) is 25.7 Å². The molecule has 50 heavy (non-hydrogen) atoms. The quantitative estimate of drug-likeness (QED) is 0.0937. The van der Waals surface area contributed by atoms with E-state index in [1.807, 2.05) is 41.5 Å². The molecule has 0 fully saturated rings. The molecule has 0 aliphatic carbocycles. The summed E-state index contributed by atoms with van der Waals surface area (Å²) in [4.78, 5) is 14.3. The maximum atomic E-state index is 14.4. The lowest BCUT2D eigenvalue weighted by Crippen LogP contribution is -2.14. The van der Waals surface area contributed by atoms with Crippen molar-refractivity contribution in [2.24, 2.45) is 11.8 Å². The van der Waals surface area contributed by atoms with E-state index < -0.39 is 31.4 Å². The molecule has 1 heterocycles. The van der Waals surface area contributed by atoms with E-state index >= 15 is 0 Å². The number of hydrogen-bond donors (Lipinski definition) is 1. The Balaban J connectivity index is 1.78. The Morgan fingerprint density at radius 1 is 0.680 bits per heavy atom. The summed E-state index contributed by atoms with van der Waals surface area (Å²) in [6, 6.07) is 14.8. The molecule has 0 spiro atoms. The van der Waals surface area contributed by atoms with E-state index in [0.29, 0.717) is 24.8 Å². The molecule has 0 aliphatic rings. The lowest BCUT2D eigenvalue weighted by molar-refractivity contribution is 0.385. The molecule has 1 aromatic heterocycles. The fourth-order valence-electron chi connectivity index (χ4n) is 5.65. The van der Waals surface area contributed by atoms with Crippen LogP contribution in [0.1, 0.15) is 62.8 Å². The normalized spacial score (nSPS) is 12.3. The summed E-state index contributed by atoms with van der Waals surface area (Å²) in [6.45, 7) is 11.6. The number of benzene rings is 4. The number of fused-ring (bicyclic) bond motifs is 2. The largest absolute Gasteiger partial charge is 0.507 e. The second-order valence-corrected chi connectivity index (χ2v) is 16.4. The van der Waals surface area contributed by atoms with E-state index in [9.17, 15) is 26.7 Å². The number of rotatable bonds is 13. The fourth-order valence-corrected chi connectivity index (χ4v) is 7.53. The number of phenols is 1. The first-order valence-electron chi connectivity index (χ1n) is 16.4. The monoisotopic (exact) mass is 722 g/mol. The average molecular weight is 723 g/mol. The molecule has 0 radical (unpaired) electrons. The molecular formula is C38H42O10S2. The molecule has 0 atom stereocenters. The second kappa shape index (κ2) is 14.4. The third kappa shape index (κ3) is 7.61. The Labute approximate surface area is 292 Å². The zero-order valence-corrected chi connectivity index (χ0v) is 30.8. The van der Waals surface area contributed by atoms with Crippen molar-refractivity contribution in [3.05, 3.63) is 93.1 Å². The third-order valence-electron chi connectivity index (χ3n) is 8.48. The van der Waals surface area contributed by atoms with Gasteiger partial charge >= 0.3 is 20.2 Å². The van der Waals surface area contributed by atoms with Gasteiger partial charge in [-0.25, -0.2) is 0 Å². The molecule has 266 valence electrons. The van der Waals surface area contributed by atoms with Crippen LogP contribution < -0.4 is 18.5 Å². The van der Waals surface area contributed by atoms with Crippen LogP contribution >= 0.6 is 0 Å². The first-order chi connectivity index (χ1) is 23.5. The van der Waals surface area contributed by atoms with Crippen molar-refractivity contribution >= 4 is 42.2 Å². The van der Waals surface area contributed by atoms with Crippen LogP contribution in [-0.4, -0.2) is 29.1 Å². The Bertz CT molecular complexity index is 2320. The molecule has 0 saturated carbocycles. The number of hydrogen-bond acceptors (Lipinski definition) is 10. The predicted molar refractivity (Wildman–Crippen MR) is 193 cm³/mol. The van der Waals surface area contributed by atoms with Crippen molar-refractivity contribution in [2.75, 3.05) is 7.11 Å². The van der Waals surface area contributed by atoms with Crippen LogP contribution in [0.3, 0.4) is 0 Å². The first-order valence-corrected chi connectivity index (χ1v) is 19.2. The van der Waals surface area contributed by atoms with Crippen LogP contribution in [0.15, 0.2) is 79.7 Å². The van der Waals surface area contributed by atoms with E-state index in [4.69, 9.17) is 17.5 Å². The highest BCUT2D eigenvalue weighted by molar-refractivity contribution is 7.87. The van der Waals surface area contributed by atoms with Gasteiger partial charge in [0.15, 0.2) is 17.2 Å². The van der Waals surface area contributed by atoms with Crippen molar-refractivity contribution in [2.45, 2.75) is 77.0 Å². The van der Waals surface area contributed by atoms with Crippen LogP contribution in [0.25, 0.3) is 21.9 Å². The van der Waals surface area contributed by atoms with E-state index in [1.165, 1.54) is 43.5 Å². The summed E-state index contributed by atoms with van der Waals surface area (Å²) in [5, 5.41) is 11.6. The first kappa shape index (κ1) is 36.7. The average Bonchev–Trinajstić information content (AvgIpc) is 3.03. The van der Waals surface area contributed by atoms with Crippen molar-refractivity contribution in [1.29, 1.82) is 0 Å². The summed E-state index contributed by atoms with van der Waals surface area (Å²) in [7, 11) is -7.34. The predicted octanol–water partition coefficient (Wildman–Crippen LogP) is 7.99. The molecule has 5 rings (SSSR count). The fraction of sp³-hybridized carbons (Fsp3) is 0.342. The van der Waals surface area contributed by atoms with Crippen molar-refractivity contribution in [3.63, 3.8) is 0 Å². The number of methoxy groups -OCH3 is 1. The molecule has 10 nitrogen and oxygen atoms in total. The van der Waals surface area contributed by atoms with E-state index in [1.54, 1.807) is 24.3 Å². The van der Waals surface area contributed by atoms with E-state index in [0.717, 1.165) is 11.1 Å². The topological polar surface area (TPSA) is 146 Å². The summed E-state index contributed by atoms with van der Waals surface area (Å²) in [5.41, 5.74) is 1.43. The highest BCUT2D eigenvalue weighted by atomic mass is 32.2. The second-order valence-electron chi connectivity index (χ2n) is 13.3. The molecule has 0 saturated heterocycles. The number of ether oxygens (including phenoxy) is 1. The molecule has 12 heteroatoms. The summed E-state index contributed by atoms with van der Waals surface area (Å²) < 4.78 is 76.8. The van der Waals surface area contributed by atoms with Crippen molar-refractivity contribution < 1.29 is 39.5 Å². The highest BCUT2D eigenvalue weighted by Gasteiger charge is 2.29. The van der Waals surface area contributed by atoms with E-state index in [-0.39, 0.29) is 72.8 Å². The van der Waals surface area contributed by atoms with E-state index in [2.05, 4.69) is 0 Å². The Morgan fingerprint density at radius 3 is 1.60 bits per heavy atom. The van der Waals surface area contributed by atoms with Crippen molar-refractivity contribution in [3.8, 4) is 23.0 Å². The minimum atomic E-state index is -4.35. The van der Waals surface area contributed by atoms with Crippen molar-refractivity contribution in [1.82, 2.24) is 0 Å². The molecule has 0 bridgehead atoms. The highest BCUT2D eigenvalue weighted by Crippen LogP contribution is 2.43. The van der Waals surface area contributed by atoms with Gasteiger partial charge in [-0.3, -0.25) is 4.79 Å². The maximum absolute atomic E-state index is 14.4. The Kier molecular flexibility index (Phi) is 10.5. The lowest BCUT2D eigenvalue weighted by Gasteiger charge is -2.19. The molecule has 0 aliphatic heterocycles. The number of aryl methyl sites for hydroxylation is 3. The molecule has 4 aromatic carbocycles. The van der Waals surface area contributed by atoms with Gasteiger partial charge in [0, 0.05) is 23.3 Å². The van der Waals surface area contributed by atoms with Gasteiger partial charge in [-0.05, 0) is 75.6 Å². The molecular weight excluding hydrogens is 681 g/mol. The third-order valence-corrected chi connectivity index (χ3v) is 11.0. The summed E-state index contributed by atoms with van der Waals surface area (Å²) in [6.07, 6.45) is 1.67.